The van der Waals surface area contributed by atoms with Crippen molar-refractivity contribution in [2.45, 2.75) is 6.04 Å². The van der Waals surface area contributed by atoms with Crippen molar-refractivity contribution in [1.29, 1.82) is 0 Å². The summed E-state index contributed by atoms with van der Waals surface area (Å²) in [6.45, 7) is 1.89. The van der Waals surface area contributed by atoms with Crippen LogP contribution >= 0.6 is 0 Å². The van der Waals surface area contributed by atoms with Gasteiger partial charge in [-0.2, -0.15) is 0 Å². The average Bonchev–Trinajstić information content (AvgIpc) is 2.67. The first kappa shape index (κ1) is 17.2. The van der Waals surface area contributed by atoms with E-state index in [-0.39, 0.29) is 24.4 Å². The van der Waals surface area contributed by atoms with Gasteiger partial charge in [0.1, 0.15) is 17.3 Å². The SMILES string of the molecule is COc1ccccc1C1CNCCN1C(=O)COc1ccc(F)cc1. The minimum atomic E-state index is -0.336. The monoisotopic (exact) mass is 344 g/mol. The number of carbonyl (C=O) groups is 1. The molecule has 1 amide bonds. The first-order valence-corrected chi connectivity index (χ1v) is 8.20. The fourth-order valence-electron chi connectivity index (χ4n) is 2.98. The molecule has 5 nitrogen and oxygen atoms in total. The Morgan fingerprint density at radius 2 is 2.00 bits per heavy atom. The number of nitrogens with zero attached hydrogens (tertiary/aromatic N) is 1. The lowest BCUT2D eigenvalue weighted by Gasteiger charge is -2.37. The number of nitrogens with one attached hydrogen (secondary N) is 1. The number of hydrogen-bond donors (Lipinski definition) is 1. The Balaban J connectivity index is 1.71. The lowest BCUT2D eigenvalue weighted by molar-refractivity contribution is -0.136. The molecule has 0 spiro atoms. The van der Waals surface area contributed by atoms with Crippen molar-refractivity contribution >= 4 is 5.91 Å². The zero-order valence-electron chi connectivity index (χ0n) is 14.1. The summed E-state index contributed by atoms with van der Waals surface area (Å²) in [5.41, 5.74) is 0.965. The summed E-state index contributed by atoms with van der Waals surface area (Å²) in [5.74, 6) is 0.783. The zero-order valence-corrected chi connectivity index (χ0v) is 14.1. The molecule has 0 bridgehead atoms. The molecule has 0 aromatic heterocycles. The van der Waals surface area contributed by atoms with E-state index in [1.54, 1.807) is 12.0 Å². The number of para-hydroxylation sites is 1. The van der Waals surface area contributed by atoms with Gasteiger partial charge in [-0.05, 0) is 30.3 Å². The van der Waals surface area contributed by atoms with Crippen molar-refractivity contribution in [3.8, 4) is 11.5 Å². The molecule has 1 N–H and O–H groups in total. The Labute approximate surface area is 146 Å². The predicted molar refractivity (Wildman–Crippen MR) is 92.2 cm³/mol. The molecule has 0 saturated carbocycles. The van der Waals surface area contributed by atoms with Crippen LogP contribution in [0.4, 0.5) is 4.39 Å². The molecule has 1 aliphatic heterocycles. The van der Waals surface area contributed by atoms with Crippen LogP contribution < -0.4 is 14.8 Å². The molecule has 0 aliphatic carbocycles. The minimum Gasteiger partial charge on any atom is -0.496 e. The molecule has 1 unspecified atom stereocenters. The quantitative estimate of drug-likeness (QED) is 0.905. The van der Waals surface area contributed by atoms with E-state index in [1.807, 2.05) is 24.3 Å². The second kappa shape index (κ2) is 7.98. The number of piperazine rings is 1. The maximum atomic E-state index is 12.9. The number of amides is 1. The Morgan fingerprint density at radius 3 is 2.76 bits per heavy atom. The fourth-order valence-corrected chi connectivity index (χ4v) is 2.98. The molecule has 1 fully saturated rings. The second-order valence-electron chi connectivity index (χ2n) is 5.79. The fraction of sp³-hybridized carbons (Fsp3) is 0.316. The lowest BCUT2D eigenvalue weighted by Crippen LogP contribution is -2.50. The summed E-state index contributed by atoms with van der Waals surface area (Å²) >= 11 is 0. The van der Waals surface area contributed by atoms with Crippen LogP contribution in [0.3, 0.4) is 0 Å². The van der Waals surface area contributed by atoms with Crippen LogP contribution in [0.2, 0.25) is 0 Å². The summed E-state index contributed by atoms with van der Waals surface area (Å²) in [6, 6.07) is 13.2. The molecule has 1 saturated heterocycles. The standard InChI is InChI=1S/C19H21FN2O3/c1-24-18-5-3-2-4-16(18)17-12-21-10-11-22(17)19(23)13-25-15-8-6-14(20)7-9-15/h2-9,17,21H,10-13H2,1H3. The third-order valence-corrected chi connectivity index (χ3v) is 4.24. The Bertz CT molecular complexity index is 721. The number of hydrogen-bond acceptors (Lipinski definition) is 4. The zero-order chi connectivity index (χ0) is 17.6. The first-order chi connectivity index (χ1) is 12.2. The van der Waals surface area contributed by atoms with Gasteiger partial charge in [-0.3, -0.25) is 4.79 Å². The normalized spacial score (nSPS) is 17.2. The number of ether oxygens (including phenoxy) is 2. The van der Waals surface area contributed by atoms with Crippen LogP contribution in [0.5, 0.6) is 11.5 Å². The van der Waals surface area contributed by atoms with Gasteiger partial charge in [-0.15, -0.1) is 0 Å². The van der Waals surface area contributed by atoms with Crippen molar-refractivity contribution in [2.24, 2.45) is 0 Å². The van der Waals surface area contributed by atoms with Gasteiger partial charge in [0.05, 0.1) is 13.2 Å². The molecule has 1 heterocycles. The maximum absolute atomic E-state index is 12.9. The molecule has 0 radical (unpaired) electrons. The maximum Gasteiger partial charge on any atom is 0.261 e. The van der Waals surface area contributed by atoms with Crippen LogP contribution in [-0.2, 0) is 4.79 Å². The van der Waals surface area contributed by atoms with Crippen molar-refractivity contribution in [3.05, 3.63) is 59.9 Å². The van der Waals surface area contributed by atoms with Crippen LogP contribution in [0, 0.1) is 5.82 Å². The van der Waals surface area contributed by atoms with E-state index >= 15 is 0 Å². The van der Waals surface area contributed by atoms with Gasteiger partial charge in [0.2, 0.25) is 0 Å². The average molecular weight is 344 g/mol. The predicted octanol–water partition coefficient (Wildman–Crippen LogP) is 2.39. The van der Waals surface area contributed by atoms with E-state index in [1.165, 1.54) is 24.3 Å². The second-order valence-corrected chi connectivity index (χ2v) is 5.79. The highest BCUT2D eigenvalue weighted by atomic mass is 19.1. The number of benzene rings is 2. The van der Waals surface area contributed by atoms with E-state index in [0.29, 0.717) is 18.8 Å². The van der Waals surface area contributed by atoms with Crippen LogP contribution in [-0.4, -0.2) is 44.2 Å². The van der Waals surface area contributed by atoms with Crippen LogP contribution in [0.1, 0.15) is 11.6 Å². The van der Waals surface area contributed by atoms with Crippen LogP contribution in [0.25, 0.3) is 0 Å². The van der Waals surface area contributed by atoms with E-state index in [9.17, 15) is 9.18 Å². The lowest BCUT2D eigenvalue weighted by atomic mass is 10.0. The summed E-state index contributed by atoms with van der Waals surface area (Å²) in [4.78, 5) is 14.5. The number of halogens is 1. The Kier molecular flexibility index (Phi) is 5.50. The number of methoxy groups -OCH3 is 1. The third-order valence-electron chi connectivity index (χ3n) is 4.24. The minimum absolute atomic E-state index is 0.0860. The largest absolute Gasteiger partial charge is 0.496 e. The molecule has 1 atom stereocenters. The molecular weight excluding hydrogens is 323 g/mol. The van der Waals surface area contributed by atoms with Crippen molar-refractivity contribution < 1.29 is 18.7 Å². The van der Waals surface area contributed by atoms with Gasteiger partial charge in [0.25, 0.3) is 5.91 Å². The van der Waals surface area contributed by atoms with E-state index in [0.717, 1.165) is 17.9 Å². The highest BCUT2D eigenvalue weighted by Gasteiger charge is 2.29. The van der Waals surface area contributed by atoms with Crippen molar-refractivity contribution in [2.75, 3.05) is 33.4 Å². The van der Waals surface area contributed by atoms with Gasteiger partial charge >= 0.3 is 0 Å². The third kappa shape index (κ3) is 4.09. The smallest absolute Gasteiger partial charge is 0.261 e. The van der Waals surface area contributed by atoms with Crippen LogP contribution in [0.15, 0.2) is 48.5 Å². The summed E-state index contributed by atoms with van der Waals surface area (Å²) in [5, 5.41) is 3.32. The Morgan fingerprint density at radius 1 is 1.24 bits per heavy atom. The summed E-state index contributed by atoms with van der Waals surface area (Å²) in [6.07, 6.45) is 0. The van der Waals surface area contributed by atoms with Gasteiger partial charge < -0.3 is 19.7 Å². The molecule has 2 aromatic carbocycles. The highest BCUT2D eigenvalue weighted by molar-refractivity contribution is 5.78. The Hall–Kier alpha value is -2.60. The summed E-state index contributed by atoms with van der Waals surface area (Å²) < 4.78 is 23.9. The van der Waals surface area contributed by atoms with Gasteiger partial charge in [-0.1, -0.05) is 18.2 Å². The topological polar surface area (TPSA) is 50.8 Å². The van der Waals surface area contributed by atoms with E-state index in [2.05, 4.69) is 5.32 Å². The first-order valence-electron chi connectivity index (χ1n) is 8.20. The summed E-state index contributed by atoms with van der Waals surface area (Å²) in [7, 11) is 1.62. The molecule has 2 aromatic rings. The van der Waals surface area contributed by atoms with Gasteiger partial charge in [0, 0.05) is 25.2 Å². The van der Waals surface area contributed by atoms with E-state index in [4.69, 9.17) is 9.47 Å². The van der Waals surface area contributed by atoms with Gasteiger partial charge in [-0.25, -0.2) is 4.39 Å². The van der Waals surface area contributed by atoms with Gasteiger partial charge in [0.15, 0.2) is 6.61 Å². The molecule has 132 valence electrons. The molecule has 25 heavy (non-hydrogen) atoms. The number of carbonyl (C=O) groups excluding carboxylic acids is 1. The molecule has 6 heteroatoms. The van der Waals surface area contributed by atoms with Crippen molar-refractivity contribution in [3.63, 3.8) is 0 Å². The highest BCUT2D eigenvalue weighted by Crippen LogP contribution is 2.30. The van der Waals surface area contributed by atoms with E-state index < -0.39 is 0 Å². The molecule has 3 rings (SSSR count). The number of rotatable bonds is 5. The molecule has 1 aliphatic rings. The molecular formula is C19H21FN2O3. The van der Waals surface area contributed by atoms with Crippen molar-refractivity contribution in [1.82, 2.24) is 10.2 Å².